The first kappa shape index (κ1) is 13.3. The Hall–Kier alpha value is -2.16. The predicted octanol–water partition coefficient (Wildman–Crippen LogP) is 3.58. The molecule has 0 bridgehead atoms. The van der Waals surface area contributed by atoms with Crippen molar-refractivity contribution in [2.24, 2.45) is 0 Å². The van der Waals surface area contributed by atoms with Crippen LogP contribution in [-0.2, 0) is 0 Å². The fourth-order valence-electron chi connectivity index (χ4n) is 1.78. The number of aryl methyl sites for hydroxylation is 3. The Balaban J connectivity index is 2.24. The van der Waals surface area contributed by atoms with Gasteiger partial charge in [0.05, 0.1) is 29.9 Å². The summed E-state index contributed by atoms with van der Waals surface area (Å²) < 4.78 is 5.13. The highest BCUT2D eigenvalue weighted by Crippen LogP contribution is 2.15. The van der Waals surface area contributed by atoms with Crippen LogP contribution in [0.5, 0.6) is 5.75 Å². The average molecular weight is 254 g/mol. The van der Waals surface area contributed by atoms with E-state index in [1.54, 1.807) is 7.11 Å². The highest BCUT2D eigenvalue weighted by molar-refractivity contribution is 5.69. The first-order valence-electron chi connectivity index (χ1n) is 6.24. The predicted molar refractivity (Wildman–Crippen MR) is 78.2 cm³/mol. The molecule has 0 aliphatic heterocycles. The molecule has 0 spiro atoms. The number of methoxy groups -OCH3 is 1. The lowest BCUT2D eigenvalue weighted by Gasteiger charge is -2.04. The molecule has 3 heteroatoms. The highest BCUT2D eigenvalue weighted by atomic mass is 16.5. The molecule has 0 saturated heterocycles. The Morgan fingerprint density at radius 3 is 2.11 bits per heavy atom. The van der Waals surface area contributed by atoms with Gasteiger partial charge < -0.3 is 4.74 Å². The SMILES string of the molecule is COc1ccc(C=Cc2nc(C)c(C)nc2C)cc1. The summed E-state index contributed by atoms with van der Waals surface area (Å²) in [6.07, 6.45) is 4.03. The zero-order valence-corrected chi connectivity index (χ0v) is 11.8. The molecule has 0 N–H and O–H groups in total. The minimum Gasteiger partial charge on any atom is -0.497 e. The lowest BCUT2D eigenvalue weighted by Crippen LogP contribution is -1.98. The van der Waals surface area contributed by atoms with E-state index in [2.05, 4.69) is 9.97 Å². The maximum absolute atomic E-state index is 5.13. The van der Waals surface area contributed by atoms with Gasteiger partial charge in [0.2, 0.25) is 0 Å². The van der Waals surface area contributed by atoms with Crippen molar-refractivity contribution in [3.8, 4) is 5.75 Å². The van der Waals surface area contributed by atoms with Gasteiger partial charge in [-0.3, -0.25) is 4.98 Å². The molecule has 0 atom stereocenters. The van der Waals surface area contributed by atoms with E-state index < -0.39 is 0 Å². The van der Waals surface area contributed by atoms with E-state index >= 15 is 0 Å². The lowest BCUT2D eigenvalue weighted by atomic mass is 10.1. The molecule has 1 heterocycles. The Labute approximate surface area is 114 Å². The smallest absolute Gasteiger partial charge is 0.118 e. The Morgan fingerprint density at radius 2 is 1.47 bits per heavy atom. The summed E-state index contributed by atoms with van der Waals surface area (Å²) in [6.45, 7) is 5.94. The van der Waals surface area contributed by atoms with E-state index in [-0.39, 0.29) is 0 Å². The van der Waals surface area contributed by atoms with Crippen molar-refractivity contribution in [3.05, 3.63) is 52.6 Å². The fourth-order valence-corrected chi connectivity index (χ4v) is 1.78. The topological polar surface area (TPSA) is 35.0 Å². The molecular weight excluding hydrogens is 236 g/mol. The third-order valence-electron chi connectivity index (χ3n) is 3.07. The van der Waals surface area contributed by atoms with Gasteiger partial charge in [-0.15, -0.1) is 0 Å². The van der Waals surface area contributed by atoms with Gasteiger partial charge in [-0.05, 0) is 44.5 Å². The Kier molecular flexibility index (Phi) is 3.95. The van der Waals surface area contributed by atoms with Crippen LogP contribution in [0.4, 0.5) is 0 Å². The van der Waals surface area contributed by atoms with Crippen LogP contribution in [0.2, 0.25) is 0 Å². The van der Waals surface area contributed by atoms with Crippen molar-refractivity contribution >= 4 is 12.2 Å². The van der Waals surface area contributed by atoms with Gasteiger partial charge in [0.15, 0.2) is 0 Å². The molecule has 2 aromatic rings. The summed E-state index contributed by atoms with van der Waals surface area (Å²) in [5.41, 5.74) is 4.94. The zero-order chi connectivity index (χ0) is 13.8. The van der Waals surface area contributed by atoms with E-state index in [1.165, 1.54) is 0 Å². The minimum atomic E-state index is 0.860. The van der Waals surface area contributed by atoms with Gasteiger partial charge in [0, 0.05) is 0 Å². The highest BCUT2D eigenvalue weighted by Gasteiger charge is 2.02. The molecule has 0 radical (unpaired) electrons. The number of benzene rings is 1. The molecule has 98 valence electrons. The number of nitrogens with zero attached hydrogens (tertiary/aromatic N) is 2. The molecule has 0 aliphatic rings. The van der Waals surface area contributed by atoms with Gasteiger partial charge >= 0.3 is 0 Å². The van der Waals surface area contributed by atoms with Crippen molar-refractivity contribution < 1.29 is 4.74 Å². The van der Waals surface area contributed by atoms with Crippen molar-refractivity contribution in [1.29, 1.82) is 0 Å². The lowest BCUT2D eigenvalue weighted by molar-refractivity contribution is 0.415. The number of hydrogen-bond donors (Lipinski definition) is 0. The Bertz CT molecular complexity index is 601. The Morgan fingerprint density at radius 1 is 0.842 bits per heavy atom. The van der Waals surface area contributed by atoms with Crippen molar-refractivity contribution in [1.82, 2.24) is 9.97 Å². The second-order valence-electron chi connectivity index (χ2n) is 4.47. The van der Waals surface area contributed by atoms with E-state index in [0.717, 1.165) is 34.1 Å². The molecule has 0 fully saturated rings. The molecule has 3 nitrogen and oxygen atoms in total. The summed E-state index contributed by atoms with van der Waals surface area (Å²) in [5, 5.41) is 0. The van der Waals surface area contributed by atoms with Crippen LogP contribution < -0.4 is 4.74 Å². The van der Waals surface area contributed by atoms with Crippen LogP contribution in [0.15, 0.2) is 24.3 Å². The van der Waals surface area contributed by atoms with Gasteiger partial charge in [0.1, 0.15) is 5.75 Å². The molecule has 0 saturated carbocycles. The molecule has 0 unspecified atom stereocenters. The van der Waals surface area contributed by atoms with Crippen LogP contribution in [0.1, 0.15) is 28.3 Å². The summed E-state index contributed by atoms with van der Waals surface area (Å²) >= 11 is 0. The molecule has 0 aliphatic carbocycles. The third-order valence-corrected chi connectivity index (χ3v) is 3.07. The normalized spacial score (nSPS) is 10.9. The van der Waals surface area contributed by atoms with Crippen LogP contribution >= 0.6 is 0 Å². The summed E-state index contributed by atoms with van der Waals surface area (Å²) in [6, 6.07) is 7.91. The fraction of sp³-hybridized carbons (Fsp3) is 0.250. The van der Waals surface area contributed by atoms with Gasteiger partial charge in [-0.1, -0.05) is 18.2 Å². The van der Waals surface area contributed by atoms with Crippen LogP contribution in [0, 0.1) is 20.8 Å². The van der Waals surface area contributed by atoms with Gasteiger partial charge in [-0.25, -0.2) is 4.98 Å². The summed E-state index contributed by atoms with van der Waals surface area (Å²) in [4.78, 5) is 9.03. The first-order chi connectivity index (χ1) is 9.10. The van der Waals surface area contributed by atoms with Gasteiger partial charge in [0.25, 0.3) is 0 Å². The zero-order valence-electron chi connectivity index (χ0n) is 11.8. The monoisotopic (exact) mass is 254 g/mol. The molecule has 0 amide bonds. The molecule has 19 heavy (non-hydrogen) atoms. The average Bonchev–Trinajstić information content (AvgIpc) is 2.42. The van der Waals surface area contributed by atoms with Crippen LogP contribution in [0.3, 0.4) is 0 Å². The number of ether oxygens (including phenoxy) is 1. The van der Waals surface area contributed by atoms with Crippen LogP contribution in [-0.4, -0.2) is 17.1 Å². The summed E-state index contributed by atoms with van der Waals surface area (Å²) in [5.74, 6) is 0.860. The first-order valence-corrected chi connectivity index (χ1v) is 6.24. The van der Waals surface area contributed by atoms with E-state index in [4.69, 9.17) is 4.74 Å². The van der Waals surface area contributed by atoms with E-state index in [0.29, 0.717) is 0 Å². The largest absolute Gasteiger partial charge is 0.497 e. The maximum atomic E-state index is 5.13. The van der Waals surface area contributed by atoms with Crippen molar-refractivity contribution in [3.63, 3.8) is 0 Å². The second kappa shape index (κ2) is 5.65. The second-order valence-corrected chi connectivity index (χ2v) is 4.47. The molecule has 1 aromatic heterocycles. The van der Waals surface area contributed by atoms with Gasteiger partial charge in [-0.2, -0.15) is 0 Å². The van der Waals surface area contributed by atoms with Crippen molar-refractivity contribution in [2.75, 3.05) is 7.11 Å². The van der Waals surface area contributed by atoms with E-state index in [9.17, 15) is 0 Å². The van der Waals surface area contributed by atoms with Crippen molar-refractivity contribution in [2.45, 2.75) is 20.8 Å². The number of rotatable bonds is 3. The molecule has 2 rings (SSSR count). The standard InChI is InChI=1S/C16H18N2O/c1-11-12(2)18-16(13(3)17-11)10-7-14-5-8-15(19-4)9-6-14/h5-10H,1-4H3. The third kappa shape index (κ3) is 3.19. The maximum Gasteiger partial charge on any atom is 0.118 e. The van der Waals surface area contributed by atoms with E-state index in [1.807, 2.05) is 57.2 Å². The number of aromatic nitrogens is 2. The minimum absolute atomic E-state index is 0.860. The van der Waals surface area contributed by atoms with Crippen LogP contribution in [0.25, 0.3) is 12.2 Å². The number of hydrogen-bond acceptors (Lipinski definition) is 3. The molecular formula is C16H18N2O. The molecule has 1 aromatic carbocycles. The quantitative estimate of drug-likeness (QED) is 0.839. The summed E-state index contributed by atoms with van der Waals surface area (Å²) in [7, 11) is 1.67.